The van der Waals surface area contributed by atoms with Crippen molar-refractivity contribution < 1.29 is 9.53 Å². The molecule has 1 heterocycles. The number of ether oxygens (including phenoxy) is 1. The lowest BCUT2D eigenvalue weighted by Crippen LogP contribution is -2.29. The molecule has 1 rings (SSSR count). The summed E-state index contributed by atoms with van der Waals surface area (Å²) in [5, 5.41) is 9.95. The summed E-state index contributed by atoms with van der Waals surface area (Å²) in [6, 6.07) is 0. The molecular weight excluding hydrogens is 198 g/mol. The number of amides is 1. The number of nitrogens with two attached hydrogens (primary N) is 1. The minimum absolute atomic E-state index is 0.115. The summed E-state index contributed by atoms with van der Waals surface area (Å²) in [5.74, 6) is 0.193. The van der Waals surface area contributed by atoms with Crippen LogP contribution in [0.15, 0.2) is 6.20 Å². The maximum atomic E-state index is 11.3. The second-order valence-corrected chi connectivity index (χ2v) is 3.04. The molecule has 7 heteroatoms. The van der Waals surface area contributed by atoms with Crippen molar-refractivity contribution in [2.45, 2.75) is 13.0 Å². The van der Waals surface area contributed by atoms with Crippen LogP contribution in [0.25, 0.3) is 0 Å². The highest BCUT2D eigenvalue weighted by molar-refractivity contribution is 5.75. The molecule has 3 N–H and O–H groups in total. The van der Waals surface area contributed by atoms with Gasteiger partial charge >= 0.3 is 0 Å². The van der Waals surface area contributed by atoms with Gasteiger partial charge in [-0.15, -0.1) is 5.10 Å². The number of nitrogens with zero attached hydrogens (tertiary/aromatic N) is 3. The number of hydrogen-bond acceptors (Lipinski definition) is 5. The Hall–Kier alpha value is -1.63. The zero-order chi connectivity index (χ0) is 11.1. The fraction of sp³-hybridized carbons (Fsp3) is 0.625. The first kappa shape index (κ1) is 11.4. The molecule has 0 unspecified atom stereocenters. The van der Waals surface area contributed by atoms with Crippen molar-refractivity contribution in [3.63, 3.8) is 0 Å². The van der Waals surface area contributed by atoms with E-state index in [1.165, 1.54) is 10.9 Å². The van der Waals surface area contributed by atoms with E-state index in [0.717, 1.165) is 6.42 Å². The molecule has 84 valence electrons. The van der Waals surface area contributed by atoms with Gasteiger partial charge in [-0.1, -0.05) is 5.21 Å². The summed E-state index contributed by atoms with van der Waals surface area (Å²) < 4.78 is 6.24. The van der Waals surface area contributed by atoms with Crippen LogP contribution < -0.4 is 11.1 Å². The lowest BCUT2D eigenvalue weighted by molar-refractivity contribution is -0.121. The molecule has 0 aliphatic carbocycles. The normalized spacial score (nSPS) is 10.2. The Kier molecular flexibility index (Phi) is 4.55. The molecule has 0 spiro atoms. The molecule has 1 aromatic rings. The first-order valence-corrected chi connectivity index (χ1v) is 4.63. The Morgan fingerprint density at radius 3 is 3.13 bits per heavy atom. The Labute approximate surface area is 87.6 Å². The van der Waals surface area contributed by atoms with Crippen LogP contribution in [0.3, 0.4) is 0 Å². The van der Waals surface area contributed by atoms with Crippen LogP contribution in [0.1, 0.15) is 6.42 Å². The van der Waals surface area contributed by atoms with Gasteiger partial charge in [0.25, 0.3) is 0 Å². The average molecular weight is 213 g/mol. The monoisotopic (exact) mass is 213 g/mol. The lowest BCUT2D eigenvalue weighted by Gasteiger charge is -2.03. The SMILES string of the molecule is COCCCNC(=O)Cn1cc(N)nn1. The third-order valence-corrected chi connectivity index (χ3v) is 1.71. The van der Waals surface area contributed by atoms with E-state index in [1.54, 1.807) is 7.11 Å². The van der Waals surface area contributed by atoms with Crippen LogP contribution in [0, 0.1) is 0 Å². The molecule has 0 aromatic carbocycles. The summed E-state index contributed by atoms with van der Waals surface area (Å²) in [5.41, 5.74) is 5.35. The smallest absolute Gasteiger partial charge is 0.241 e. The van der Waals surface area contributed by atoms with Crippen LogP contribution in [-0.2, 0) is 16.1 Å². The van der Waals surface area contributed by atoms with Gasteiger partial charge in [-0.25, -0.2) is 4.68 Å². The zero-order valence-electron chi connectivity index (χ0n) is 8.64. The number of carbonyl (C=O) groups is 1. The molecule has 0 radical (unpaired) electrons. The second-order valence-electron chi connectivity index (χ2n) is 3.04. The van der Waals surface area contributed by atoms with Crippen LogP contribution in [0.2, 0.25) is 0 Å². The van der Waals surface area contributed by atoms with Crippen molar-refractivity contribution >= 4 is 11.7 Å². The van der Waals surface area contributed by atoms with E-state index < -0.39 is 0 Å². The largest absolute Gasteiger partial charge is 0.385 e. The van der Waals surface area contributed by atoms with Crippen molar-refractivity contribution in [2.24, 2.45) is 0 Å². The number of anilines is 1. The number of rotatable bonds is 6. The quantitative estimate of drug-likeness (QED) is 0.592. The van der Waals surface area contributed by atoms with Gasteiger partial charge in [0.15, 0.2) is 5.82 Å². The molecule has 1 amide bonds. The zero-order valence-corrected chi connectivity index (χ0v) is 8.64. The van der Waals surface area contributed by atoms with E-state index in [4.69, 9.17) is 10.5 Å². The summed E-state index contributed by atoms with van der Waals surface area (Å²) in [7, 11) is 1.63. The third-order valence-electron chi connectivity index (χ3n) is 1.71. The van der Waals surface area contributed by atoms with Gasteiger partial charge in [0.1, 0.15) is 6.54 Å². The average Bonchev–Trinajstić information content (AvgIpc) is 2.59. The molecule has 0 bridgehead atoms. The lowest BCUT2D eigenvalue weighted by atomic mass is 10.4. The molecule has 0 saturated carbocycles. The molecule has 7 nitrogen and oxygen atoms in total. The fourth-order valence-electron chi connectivity index (χ4n) is 1.04. The third kappa shape index (κ3) is 4.41. The molecule has 0 fully saturated rings. The number of methoxy groups -OCH3 is 1. The number of carbonyl (C=O) groups excluding carboxylic acids is 1. The van der Waals surface area contributed by atoms with E-state index in [0.29, 0.717) is 19.0 Å². The molecule has 1 aromatic heterocycles. The van der Waals surface area contributed by atoms with Gasteiger partial charge in [-0.2, -0.15) is 0 Å². The highest BCUT2D eigenvalue weighted by atomic mass is 16.5. The summed E-state index contributed by atoms with van der Waals surface area (Å²) in [4.78, 5) is 11.3. The van der Waals surface area contributed by atoms with Crippen molar-refractivity contribution in [1.82, 2.24) is 20.3 Å². The van der Waals surface area contributed by atoms with Gasteiger partial charge in [0.05, 0.1) is 6.20 Å². The summed E-state index contributed by atoms with van der Waals surface area (Å²) in [6.45, 7) is 1.37. The van der Waals surface area contributed by atoms with Crippen molar-refractivity contribution in [1.29, 1.82) is 0 Å². The molecule has 0 aliphatic rings. The van der Waals surface area contributed by atoms with Crippen LogP contribution >= 0.6 is 0 Å². The van der Waals surface area contributed by atoms with Gasteiger partial charge in [-0.05, 0) is 6.42 Å². The first-order valence-electron chi connectivity index (χ1n) is 4.63. The van der Waals surface area contributed by atoms with E-state index >= 15 is 0 Å². The van der Waals surface area contributed by atoms with Crippen molar-refractivity contribution in [2.75, 3.05) is 26.0 Å². The van der Waals surface area contributed by atoms with E-state index in [9.17, 15) is 4.79 Å². The summed E-state index contributed by atoms with van der Waals surface area (Å²) in [6.07, 6.45) is 2.30. The predicted molar refractivity (Wildman–Crippen MR) is 53.9 cm³/mol. The van der Waals surface area contributed by atoms with E-state index in [-0.39, 0.29) is 12.5 Å². The molecular formula is C8H15N5O2. The fourth-order valence-corrected chi connectivity index (χ4v) is 1.04. The molecule has 0 atom stereocenters. The van der Waals surface area contributed by atoms with Gasteiger partial charge in [-0.3, -0.25) is 4.79 Å². The van der Waals surface area contributed by atoms with Crippen LogP contribution in [0.4, 0.5) is 5.82 Å². The van der Waals surface area contributed by atoms with Crippen LogP contribution in [-0.4, -0.2) is 41.2 Å². The Morgan fingerprint density at radius 1 is 1.73 bits per heavy atom. The minimum atomic E-state index is -0.115. The topological polar surface area (TPSA) is 95.1 Å². The highest BCUT2D eigenvalue weighted by Crippen LogP contribution is 1.91. The minimum Gasteiger partial charge on any atom is -0.385 e. The predicted octanol–water partition coefficient (Wildman–Crippen LogP) is -0.987. The number of nitrogens with one attached hydrogen (secondary N) is 1. The number of nitrogen functional groups attached to an aromatic ring is 1. The van der Waals surface area contributed by atoms with Crippen molar-refractivity contribution in [3.05, 3.63) is 6.20 Å². The first-order chi connectivity index (χ1) is 7.22. The highest BCUT2D eigenvalue weighted by Gasteiger charge is 2.03. The van der Waals surface area contributed by atoms with Gasteiger partial charge < -0.3 is 15.8 Å². The van der Waals surface area contributed by atoms with Gasteiger partial charge in [0, 0.05) is 20.3 Å². The Morgan fingerprint density at radius 2 is 2.53 bits per heavy atom. The molecule has 15 heavy (non-hydrogen) atoms. The van der Waals surface area contributed by atoms with Crippen molar-refractivity contribution in [3.8, 4) is 0 Å². The summed E-state index contributed by atoms with van der Waals surface area (Å²) >= 11 is 0. The maximum Gasteiger partial charge on any atom is 0.241 e. The van der Waals surface area contributed by atoms with E-state index in [1.807, 2.05) is 0 Å². The maximum absolute atomic E-state index is 11.3. The Balaban J connectivity index is 2.18. The molecule has 0 saturated heterocycles. The Bertz CT molecular complexity index is 312. The van der Waals surface area contributed by atoms with E-state index in [2.05, 4.69) is 15.6 Å². The number of aromatic nitrogens is 3. The second kappa shape index (κ2) is 5.97. The number of hydrogen-bond donors (Lipinski definition) is 2. The standard InChI is InChI=1S/C8H15N5O2/c1-15-4-2-3-10-8(14)6-13-5-7(9)11-12-13/h5H,2-4,6,9H2,1H3,(H,10,14). The molecule has 0 aliphatic heterocycles. The van der Waals surface area contributed by atoms with Gasteiger partial charge in [0.2, 0.25) is 5.91 Å². The van der Waals surface area contributed by atoms with Crippen LogP contribution in [0.5, 0.6) is 0 Å².